The number of nitrogens with zero attached hydrogens (tertiary/aromatic N) is 3. The Bertz CT molecular complexity index is 1520. The minimum absolute atomic E-state index is 0.0774. The van der Waals surface area contributed by atoms with Crippen LogP contribution in [0.25, 0.3) is 26.4 Å². The van der Waals surface area contributed by atoms with Gasteiger partial charge in [-0.2, -0.15) is 0 Å². The number of thiazole rings is 1. The highest BCUT2D eigenvalue weighted by Gasteiger charge is 2.32. The first-order valence-corrected chi connectivity index (χ1v) is 13.5. The number of imidazole rings is 1. The SMILES string of the molecule is CNC(=O)c1ccc(-c2cn3c(n2)sc2cc(C(=O)NC[C@H]4CCCN4C(=O)OC(C)(C)C)ccc23)cc1. The van der Waals surface area contributed by atoms with E-state index in [0.29, 0.717) is 24.2 Å². The second-order valence-electron chi connectivity index (χ2n) is 10.4. The number of rotatable bonds is 5. The first-order valence-electron chi connectivity index (χ1n) is 12.6. The van der Waals surface area contributed by atoms with Crippen LogP contribution in [0, 0.1) is 0 Å². The van der Waals surface area contributed by atoms with Crippen LogP contribution in [0.4, 0.5) is 4.79 Å². The minimum atomic E-state index is -0.554. The maximum absolute atomic E-state index is 12.9. The van der Waals surface area contributed by atoms with Gasteiger partial charge in [0.05, 0.1) is 22.0 Å². The van der Waals surface area contributed by atoms with Crippen molar-refractivity contribution in [1.82, 2.24) is 24.9 Å². The molecular weight excluding hydrogens is 502 g/mol. The molecule has 3 amide bonds. The molecule has 0 spiro atoms. The maximum atomic E-state index is 12.9. The summed E-state index contributed by atoms with van der Waals surface area (Å²) in [5.74, 6) is -0.303. The highest BCUT2D eigenvalue weighted by Crippen LogP contribution is 2.30. The Balaban J connectivity index is 1.28. The molecule has 0 aliphatic carbocycles. The average molecular weight is 534 g/mol. The van der Waals surface area contributed by atoms with E-state index in [1.54, 1.807) is 24.1 Å². The molecule has 1 fully saturated rings. The van der Waals surface area contributed by atoms with Crippen LogP contribution in [0.15, 0.2) is 48.7 Å². The molecule has 0 unspecified atom stereocenters. The smallest absolute Gasteiger partial charge is 0.410 e. The van der Waals surface area contributed by atoms with Crippen LogP contribution >= 0.6 is 11.3 Å². The van der Waals surface area contributed by atoms with Gasteiger partial charge in [-0.3, -0.25) is 14.0 Å². The van der Waals surface area contributed by atoms with Gasteiger partial charge in [-0.1, -0.05) is 23.5 Å². The fourth-order valence-electron chi connectivity index (χ4n) is 4.64. The second kappa shape index (κ2) is 10.1. The van der Waals surface area contributed by atoms with E-state index in [4.69, 9.17) is 9.72 Å². The molecule has 0 saturated carbocycles. The van der Waals surface area contributed by atoms with Gasteiger partial charge < -0.3 is 20.3 Å². The number of fused-ring (bicyclic) bond motifs is 3. The molecule has 1 aliphatic heterocycles. The molecule has 4 aromatic rings. The van der Waals surface area contributed by atoms with Gasteiger partial charge in [0.15, 0.2) is 4.96 Å². The van der Waals surface area contributed by atoms with E-state index in [9.17, 15) is 14.4 Å². The summed E-state index contributed by atoms with van der Waals surface area (Å²) in [4.78, 5) is 44.6. The Morgan fingerprint density at radius 2 is 1.82 bits per heavy atom. The Kier molecular flexibility index (Phi) is 6.83. The van der Waals surface area contributed by atoms with E-state index in [1.165, 1.54) is 11.3 Å². The van der Waals surface area contributed by atoms with E-state index in [2.05, 4.69) is 10.6 Å². The van der Waals surface area contributed by atoms with Gasteiger partial charge in [-0.15, -0.1) is 0 Å². The van der Waals surface area contributed by atoms with Gasteiger partial charge in [0, 0.05) is 43.0 Å². The van der Waals surface area contributed by atoms with Gasteiger partial charge in [-0.25, -0.2) is 9.78 Å². The molecule has 2 aromatic carbocycles. The zero-order chi connectivity index (χ0) is 27.0. The third-order valence-corrected chi connectivity index (χ3v) is 7.55. The average Bonchev–Trinajstić information content (AvgIpc) is 3.60. The zero-order valence-electron chi connectivity index (χ0n) is 21.9. The Labute approximate surface area is 224 Å². The van der Waals surface area contributed by atoms with Crippen LogP contribution in [0.2, 0.25) is 0 Å². The van der Waals surface area contributed by atoms with Crippen molar-refractivity contribution < 1.29 is 19.1 Å². The summed E-state index contributed by atoms with van der Waals surface area (Å²) in [5.41, 5.74) is 3.31. The Morgan fingerprint density at radius 1 is 1.08 bits per heavy atom. The topological polar surface area (TPSA) is 105 Å². The number of carbonyl (C=O) groups excluding carboxylic acids is 3. The van der Waals surface area contributed by atoms with Crippen molar-refractivity contribution in [3.63, 3.8) is 0 Å². The summed E-state index contributed by atoms with van der Waals surface area (Å²) in [6, 6.07) is 12.9. The molecule has 198 valence electrons. The van der Waals surface area contributed by atoms with E-state index in [0.717, 1.165) is 39.3 Å². The van der Waals surface area contributed by atoms with E-state index in [1.807, 2.05) is 61.7 Å². The third kappa shape index (κ3) is 5.22. The number of aromatic nitrogens is 2. The molecule has 1 aliphatic rings. The lowest BCUT2D eigenvalue weighted by molar-refractivity contribution is 0.0225. The number of nitrogens with one attached hydrogen (secondary N) is 2. The normalized spacial score (nSPS) is 15.7. The Hall–Kier alpha value is -3.92. The van der Waals surface area contributed by atoms with Crippen LogP contribution < -0.4 is 10.6 Å². The number of carbonyl (C=O) groups is 3. The summed E-state index contributed by atoms with van der Waals surface area (Å²) in [6.45, 7) is 6.57. The van der Waals surface area contributed by atoms with Gasteiger partial charge in [0.1, 0.15) is 5.60 Å². The number of likely N-dealkylation sites (tertiary alicyclic amines) is 1. The van der Waals surface area contributed by atoms with Crippen molar-refractivity contribution in [2.75, 3.05) is 20.1 Å². The molecular formula is C28H31N5O4S. The number of ether oxygens (including phenoxy) is 1. The van der Waals surface area contributed by atoms with Gasteiger partial charge >= 0.3 is 6.09 Å². The summed E-state index contributed by atoms with van der Waals surface area (Å²) in [5, 5.41) is 5.61. The molecule has 0 radical (unpaired) electrons. The highest BCUT2D eigenvalue weighted by molar-refractivity contribution is 7.23. The molecule has 0 bridgehead atoms. The van der Waals surface area contributed by atoms with E-state index >= 15 is 0 Å². The van der Waals surface area contributed by atoms with Gasteiger partial charge in [0.25, 0.3) is 11.8 Å². The molecule has 1 atom stereocenters. The van der Waals surface area contributed by atoms with Crippen LogP contribution in [0.3, 0.4) is 0 Å². The zero-order valence-corrected chi connectivity index (χ0v) is 22.7. The van der Waals surface area contributed by atoms with Crippen molar-refractivity contribution in [1.29, 1.82) is 0 Å². The van der Waals surface area contributed by atoms with Crippen molar-refractivity contribution in [3.8, 4) is 11.3 Å². The maximum Gasteiger partial charge on any atom is 0.410 e. The van der Waals surface area contributed by atoms with Crippen LogP contribution in [0.5, 0.6) is 0 Å². The van der Waals surface area contributed by atoms with Crippen molar-refractivity contribution >= 4 is 44.4 Å². The number of amides is 3. The van der Waals surface area contributed by atoms with Crippen LogP contribution in [-0.4, -0.2) is 64.0 Å². The first-order chi connectivity index (χ1) is 18.1. The Morgan fingerprint density at radius 3 is 2.53 bits per heavy atom. The van der Waals surface area contributed by atoms with Crippen molar-refractivity contribution in [2.45, 2.75) is 45.3 Å². The molecule has 38 heavy (non-hydrogen) atoms. The monoisotopic (exact) mass is 533 g/mol. The quantitative estimate of drug-likeness (QED) is 0.387. The number of benzene rings is 2. The standard InChI is InChI=1S/C28H31N5O4S/c1-28(2,3)37-27(36)32-13-5-6-20(32)15-30-25(35)19-11-12-22-23(14-19)38-26-31-21(16-33(22)26)17-7-9-18(10-8-17)24(34)29-4/h7-12,14,16,20H,5-6,13,15H2,1-4H3,(H,29,34)(H,30,35)/t20-/m1/s1. The molecule has 9 nitrogen and oxygen atoms in total. The lowest BCUT2D eigenvalue weighted by Crippen LogP contribution is -2.45. The highest BCUT2D eigenvalue weighted by atomic mass is 32.1. The first kappa shape index (κ1) is 25.7. The number of hydrogen-bond donors (Lipinski definition) is 2. The fraction of sp³-hybridized carbons (Fsp3) is 0.357. The summed E-state index contributed by atoms with van der Waals surface area (Å²) in [7, 11) is 1.61. The molecule has 2 N–H and O–H groups in total. The molecule has 1 saturated heterocycles. The predicted molar refractivity (Wildman–Crippen MR) is 148 cm³/mol. The summed E-state index contributed by atoms with van der Waals surface area (Å²) >= 11 is 1.51. The third-order valence-electron chi connectivity index (χ3n) is 6.53. The van der Waals surface area contributed by atoms with Crippen molar-refractivity contribution in [2.24, 2.45) is 0 Å². The largest absolute Gasteiger partial charge is 0.444 e. The molecule has 2 aromatic heterocycles. The van der Waals surface area contributed by atoms with Gasteiger partial charge in [-0.05, 0) is 63.9 Å². The van der Waals surface area contributed by atoms with Gasteiger partial charge in [0.2, 0.25) is 0 Å². The summed E-state index contributed by atoms with van der Waals surface area (Å²) < 4.78 is 8.49. The predicted octanol–water partition coefficient (Wildman–Crippen LogP) is 4.70. The van der Waals surface area contributed by atoms with E-state index in [-0.39, 0.29) is 23.9 Å². The second-order valence-corrected chi connectivity index (χ2v) is 11.4. The molecule has 5 rings (SSSR count). The minimum Gasteiger partial charge on any atom is -0.444 e. The fourth-order valence-corrected chi connectivity index (χ4v) is 5.69. The lowest BCUT2D eigenvalue weighted by Gasteiger charge is -2.28. The lowest BCUT2D eigenvalue weighted by atomic mass is 10.1. The molecule has 3 heterocycles. The summed E-state index contributed by atoms with van der Waals surface area (Å²) in [6.07, 6.45) is 3.35. The van der Waals surface area contributed by atoms with Crippen LogP contribution in [-0.2, 0) is 4.74 Å². The molecule has 10 heteroatoms. The van der Waals surface area contributed by atoms with E-state index < -0.39 is 5.60 Å². The number of hydrogen-bond acceptors (Lipinski definition) is 6. The van der Waals surface area contributed by atoms with Crippen LogP contribution in [0.1, 0.15) is 54.3 Å². The van der Waals surface area contributed by atoms with Crippen molar-refractivity contribution in [3.05, 3.63) is 59.8 Å².